The van der Waals surface area contributed by atoms with Gasteiger partial charge in [0.1, 0.15) is 11.4 Å². The monoisotopic (exact) mass is 392 g/mol. The Morgan fingerprint density at radius 2 is 1.24 bits per heavy atom. The van der Waals surface area contributed by atoms with Crippen molar-refractivity contribution in [1.29, 1.82) is 0 Å². The second-order valence-electron chi connectivity index (χ2n) is 6.19. The van der Waals surface area contributed by atoms with Gasteiger partial charge >= 0.3 is 6.18 Å². The second kappa shape index (κ2) is 7.71. The van der Waals surface area contributed by atoms with Crippen LogP contribution < -0.4 is 0 Å². The number of azo groups is 1. The molecule has 144 valence electrons. The van der Waals surface area contributed by atoms with Gasteiger partial charge in [-0.15, -0.1) is 5.11 Å². The third-order valence-corrected chi connectivity index (χ3v) is 4.20. The lowest BCUT2D eigenvalue weighted by molar-refractivity contribution is -0.142. The molecule has 0 unspecified atom stereocenters. The first kappa shape index (κ1) is 18.6. The molecule has 0 aliphatic rings. The Labute approximate surface area is 165 Å². The van der Waals surface area contributed by atoms with E-state index < -0.39 is 11.9 Å². The van der Waals surface area contributed by atoms with Crippen LogP contribution in [0.25, 0.3) is 16.9 Å². The number of alkyl halides is 3. The van der Waals surface area contributed by atoms with E-state index in [0.29, 0.717) is 11.3 Å². The molecule has 7 heteroatoms. The summed E-state index contributed by atoms with van der Waals surface area (Å²) in [6, 6.07) is 25.4. The van der Waals surface area contributed by atoms with Crippen LogP contribution in [0.1, 0.15) is 5.69 Å². The van der Waals surface area contributed by atoms with Gasteiger partial charge in [0.15, 0.2) is 5.69 Å². The molecule has 4 nitrogen and oxygen atoms in total. The highest BCUT2D eigenvalue weighted by atomic mass is 19.4. The average Bonchev–Trinajstić information content (AvgIpc) is 3.14. The molecular formula is C22H15F3N4. The summed E-state index contributed by atoms with van der Waals surface area (Å²) in [7, 11) is 0. The van der Waals surface area contributed by atoms with Gasteiger partial charge in [-0.05, 0) is 24.3 Å². The molecule has 0 saturated carbocycles. The zero-order chi connectivity index (χ0) is 20.3. The number of hydrogen-bond acceptors (Lipinski definition) is 3. The molecular weight excluding hydrogens is 377 g/mol. The van der Waals surface area contributed by atoms with Gasteiger partial charge in [-0.3, -0.25) is 0 Å². The van der Waals surface area contributed by atoms with Crippen molar-refractivity contribution in [1.82, 2.24) is 9.78 Å². The molecule has 0 aliphatic carbocycles. The highest BCUT2D eigenvalue weighted by Gasteiger charge is 2.41. The largest absolute Gasteiger partial charge is 0.435 e. The lowest BCUT2D eigenvalue weighted by atomic mass is 10.1. The van der Waals surface area contributed by atoms with Crippen molar-refractivity contribution in [3.8, 4) is 16.9 Å². The van der Waals surface area contributed by atoms with E-state index in [1.807, 2.05) is 0 Å². The van der Waals surface area contributed by atoms with E-state index in [1.54, 1.807) is 91.0 Å². The van der Waals surface area contributed by atoms with Crippen molar-refractivity contribution in [3.05, 3.63) is 96.7 Å². The standard InChI is InChI=1S/C22H15F3N4/c23-22(24,25)21-20(27-26-17-12-6-2-7-13-17)19(16-10-4-1-5-11-16)28-29(21)18-14-8-3-9-15-18/h1-15H. The first-order valence-electron chi connectivity index (χ1n) is 8.82. The maximum Gasteiger partial charge on any atom is 0.435 e. The third kappa shape index (κ3) is 3.94. The van der Waals surface area contributed by atoms with Crippen LogP contribution in [-0.2, 0) is 6.18 Å². The third-order valence-electron chi connectivity index (χ3n) is 4.20. The Kier molecular flexibility index (Phi) is 4.95. The SMILES string of the molecule is FC(F)(F)c1c(N=Nc2ccccc2)c(-c2ccccc2)nn1-c1ccccc1. The summed E-state index contributed by atoms with van der Waals surface area (Å²) in [6.07, 6.45) is -4.68. The van der Waals surface area contributed by atoms with Gasteiger partial charge in [-0.2, -0.15) is 23.4 Å². The molecule has 0 aliphatic heterocycles. The predicted octanol–water partition coefficient (Wildman–Crippen LogP) is 6.97. The summed E-state index contributed by atoms with van der Waals surface area (Å²) in [5, 5.41) is 12.3. The number of para-hydroxylation sites is 1. The van der Waals surface area contributed by atoms with Gasteiger partial charge in [0.2, 0.25) is 0 Å². The van der Waals surface area contributed by atoms with Crippen molar-refractivity contribution in [2.45, 2.75) is 6.18 Å². The number of aromatic nitrogens is 2. The number of halogens is 3. The molecule has 0 saturated heterocycles. The highest BCUT2D eigenvalue weighted by molar-refractivity contribution is 5.75. The van der Waals surface area contributed by atoms with Crippen LogP contribution in [0.4, 0.5) is 24.5 Å². The highest BCUT2D eigenvalue weighted by Crippen LogP contribution is 2.43. The lowest BCUT2D eigenvalue weighted by Gasteiger charge is -2.10. The minimum Gasteiger partial charge on any atom is -0.226 e. The van der Waals surface area contributed by atoms with Crippen LogP contribution in [0.15, 0.2) is 101 Å². The van der Waals surface area contributed by atoms with E-state index in [9.17, 15) is 13.2 Å². The molecule has 0 atom stereocenters. The second-order valence-corrected chi connectivity index (χ2v) is 6.19. The number of nitrogens with zero attached hydrogens (tertiary/aromatic N) is 4. The van der Waals surface area contributed by atoms with E-state index in [-0.39, 0.29) is 17.1 Å². The molecule has 29 heavy (non-hydrogen) atoms. The fourth-order valence-corrected chi connectivity index (χ4v) is 2.91. The van der Waals surface area contributed by atoms with Gasteiger partial charge in [-0.1, -0.05) is 66.7 Å². The van der Waals surface area contributed by atoms with Crippen molar-refractivity contribution in [2.24, 2.45) is 10.2 Å². The number of benzene rings is 3. The average molecular weight is 392 g/mol. The first-order chi connectivity index (χ1) is 14.0. The summed E-state index contributed by atoms with van der Waals surface area (Å²) in [5.74, 6) is 0. The Hall–Kier alpha value is -3.74. The molecule has 0 bridgehead atoms. The van der Waals surface area contributed by atoms with E-state index in [2.05, 4.69) is 15.3 Å². The molecule has 4 rings (SSSR count). The van der Waals surface area contributed by atoms with E-state index in [4.69, 9.17) is 0 Å². The summed E-state index contributed by atoms with van der Waals surface area (Å²) in [4.78, 5) is 0. The van der Waals surface area contributed by atoms with E-state index in [0.717, 1.165) is 4.68 Å². The van der Waals surface area contributed by atoms with Crippen LogP contribution in [0, 0.1) is 0 Å². The Morgan fingerprint density at radius 1 is 0.690 bits per heavy atom. The van der Waals surface area contributed by atoms with Gasteiger partial charge in [-0.25, -0.2) is 4.68 Å². The van der Waals surface area contributed by atoms with Crippen LogP contribution >= 0.6 is 0 Å². The van der Waals surface area contributed by atoms with Crippen molar-refractivity contribution in [2.75, 3.05) is 0 Å². The summed E-state index contributed by atoms with van der Waals surface area (Å²) in [5.41, 5.74) is 0.0834. The van der Waals surface area contributed by atoms with E-state index >= 15 is 0 Å². The summed E-state index contributed by atoms with van der Waals surface area (Å²) >= 11 is 0. The van der Waals surface area contributed by atoms with Gasteiger partial charge in [0, 0.05) is 5.56 Å². The fourth-order valence-electron chi connectivity index (χ4n) is 2.91. The first-order valence-corrected chi connectivity index (χ1v) is 8.82. The summed E-state index contributed by atoms with van der Waals surface area (Å²) in [6.45, 7) is 0. The Balaban J connectivity index is 1.97. The molecule has 0 N–H and O–H groups in total. The lowest BCUT2D eigenvalue weighted by Crippen LogP contribution is -2.13. The number of rotatable bonds is 4. The van der Waals surface area contributed by atoms with E-state index in [1.165, 1.54) is 0 Å². The molecule has 0 radical (unpaired) electrons. The molecule has 1 aromatic heterocycles. The maximum absolute atomic E-state index is 14.1. The summed E-state index contributed by atoms with van der Waals surface area (Å²) < 4.78 is 43.1. The normalized spacial score (nSPS) is 11.8. The molecule has 3 aromatic carbocycles. The topological polar surface area (TPSA) is 42.5 Å². The van der Waals surface area contributed by atoms with Crippen molar-refractivity contribution in [3.63, 3.8) is 0 Å². The molecule has 0 amide bonds. The van der Waals surface area contributed by atoms with Crippen molar-refractivity contribution < 1.29 is 13.2 Å². The molecule has 0 spiro atoms. The predicted molar refractivity (Wildman–Crippen MR) is 105 cm³/mol. The van der Waals surface area contributed by atoms with Crippen LogP contribution in [-0.4, -0.2) is 9.78 Å². The minimum absolute atomic E-state index is 0.112. The van der Waals surface area contributed by atoms with Crippen LogP contribution in [0.3, 0.4) is 0 Å². The van der Waals surface area contributed by atoms with Gasteiger partial charge < -0.3 is 0 Å². The molecule has 4 aromatic rings. The van der Waals surface area contributed by atoms with Gasteiger partial charge in [0.05, 0.1) is 11.4 Å². The van der Waals surface area contributed by atoms with Gasteiger partial charge in [0.25, 0.3) is 0 Å². The van der Waals surface area contributed by atoms with Crippen LogP contribution in [0.2, 0.25) is 0 Å². The smallest absolute Gasteiger partial charge is 0.226 e. The molecule has 0 fully saturated rings. The zero-order valence-electron chi connectivity index (χ0n) is 15.1. The minimum atomic E-state index is -4.68. The number of hydrogen-bond donors (Lipinski definition) is 0. The quantitative estimate of drug-likeness (QED) is 0.346. The van der Waals surface area contributed by atoms with Crippen LogP contribution in [0.5, 0.6) is 0 Å². The fraction of sp³-hybridized carbons (Fsp3) is 0.0455. The van der Waals surface area contributed by atoms with Crippen molar-refractivity contribution >= 4 is 11.4 Å². The maximum atomic E-state index is 14.1. The molecule has 1 heterocycles. The Bertz CT molecular complexity index is 1120. The Morgan fingerprint density at radius 3 is 1.83 bits per heavy atom. The zero-order valence-corrected chi connectivity index (χ0v) is 15.1.